The van der Waals surface area contributed by atoms with Gasteiger partial charge in [-0.1, -0.05) is 31.9 Å². The SMILES string of the molecule is Cc1oc2ccc(Br)cc2c1C.Oc1ccc(Br)cc1. The van der Waals surface area contributed by atoms with Gasteiger partial charge in [0.25, 0.3) is 0 Å². The third-order valence-corrected chi connectivity index (χ3v) is 3.99. The molecule has 0 saturated heterocycles. The highest BCUT2D eigenvalue weighted by Gasteiger charge is 2.05. The zero-order valence-corrected chi connectivity index (χ0v) is 14.3. The highest BCUT2D eigenvalue weighted by Crippen LogP contribution is 2.27. The first kappa shape index (κ1) is 15.1. The van der Waals surface area contributed by atoms with Gasteiger partial charge in [-0.15, -0.1) is 0 Å². The summed E-state index contributed by atoms with van der Waals surface area (Å²) in [5, 5.41) is 9.93. The molecule has 0 fully saturated rings. The van der Waals surface area contributed by atoms with Crippen molar-refractivity contribution >= 4 is 42.8 Å². The summed E-state index contributed by atoms with van der Waals surface area (Å²) in [5.74, 6) is 1.30. The van der Waals surface area contributed by atoms with Crippen molar-refractivity contribution < 1.29 is 9.52 Å². The van der Waals surface area contributed by atoms with Gasteiger partial charge in [-0.05, 0) is 61.9 Å². The molecule has 4 heteroatoms. The molecule has 0 aliphatic rings. The number of phenolic OH excluding ortho intramolecular Hbond substituents is 1. The van der Waals surface area contributed by atoms with Crippen LogP contribution in [0.3, 0.4) is 0 Å². The first-order valence-electron chi connectivity index (χ1n) is 6.07. The molecule has 0 bridgehead atoms. The molecule has 2 nitrogen and oxygen atoms in total. The number of benzene rings is 2. The number of hydrogen-bond donors (Lipinski definition) is 1. The lowest BCUT2D eigenvalue weighted by molar-refractivity contribution is 0.475. The molecule has 0 saturated carbocycles. The number of halogens is 2. The Morgan fingerprint density at radius 3 is 2.10 bits per heavy atom. The van der Waals surface area contributed by atoms with E-state index in [4.69, 9.17) is 9.52 Å². The lowest BCUT2D eigenvalue weighted by Crippen LogP contribution is -1.70. The van der Waals surface area contributed by atoms with Gasteiger partial charge in [0.2, 0.25) is 0 Å². The minimum atomic E-state index is 0.299. The van der Waals surface area contributed by atoms with E-state index in [1.807, 2.05) is 19.1 Å². The third-order valence-electron chi connectivity index (χ3n) is 2.96. The van der Waals surface area contributed by atoms with E-state index in [0.29, 0.717) is 5.75 Å². The number of hydrogen-bond acceptors (Lipinski definition) is 2. The minimum absolute atomic E-state index is 0.299. The molecule has 0 aliphatic carbocycles. The van der Waals surface area contributed by atoms with Crippen molar-refractivity contribution in [3.8, 4) is 5.75 Å². The maximum absolute atomic E-state index is 8.74. The molecule has 0 radical (unpaired) electrons. The largest absolute Gasteiger partial charge is 0.508 e. The van der Waals surface area contributed by atoms with E-state index in [2.05, 4.69) is 44.8 Å². The van der Waals surface area contributed by atoms with E-state index in [1.165, 1.54) is 10.9 Å². The van der Waals surface area contributed by atoms with Crippen LogP contribution in [0.4, 0.5) is 0 Å². The zero-order valence-electron chi connectivity index (χ0n) is 11.2. The number of phenols is 1. The van der Waals surface area contributed by atoms with E-state index in [-0.39, 0.29) is 0 Å². The van der Waals surface area contributed by atoms with Crippen LogP contribution < -0.4 is 0 Å². The quantitative estimate of drug-likeness (QED) is 0.507. The lowest BCUT2D eigenvalue weighted by Gasteiger charge is -1.90. The number of furan rings is 1. The third kappa shape index (κ3) is 3.64. The Hall–Kier alpha value is -1.26. The summed E-state index contributed by atoms with van der Waals surface area (Å²) in [6, 6.07) is 12.9. The van der Waals surface area contributed by atoms with E-state index >= 15 is 0 Å². The van der Waals surface area contributed by atoms with Gasteiger partial charge in [0.1, 0.15) is 17.1 Å². The van der Waals surface area contributed by atoms with Crippen LogP contribution in [-0.2, 0) is 0 Å². The summed E-state index contributed by atoms with van der Waals surface area (Å²) in [7, 11) is 0. The summed E-state index contributed by atoms with van der Waals surface area (Å²) in [5.41, 5.74) is 2.19. The average Bonchev–Trinajstić information content (AvgIpc) is 2.70. The van der Waals surface area contributed by atoms with E-state index in [9.17, 15) is 0 Å². The Morgan fingerprint density at radius 1 is 0.900 bits per heavy atom. The van der Waals surface area contributed by atoms with Crippen molar-refractivity contribution in [2.24, 2.45) is 0 Å². The number of aromatic hydroxyl groups is 1. The number of rotatable bonds is 0. The van der Waals surface area contributed by atoms with Crippen molar-refractivity contribution in [1.82, 2.24) is 0 Å². The second-order valence-corrected chi connectivity index (χ2v) is 6.23. The molecule has 20 heavy (non-hydrogen) atoms. The molecule has 0 atom stereocenters. The molecule has 3 aromatic rings. The molecule has 0 unspecified atom stereocenters. The molecule has 1 heterocycles. The van der Waals surface area contributed by atoms with Crippen molar-refractivity contribution in [2.75, 3.05) is 0 Å². The number of aryl methyl sites for hydroxylation is 2. The van der Waals surface area contributed by atoms with Crippen molar-refractivity contribution in [2.45, 2.75) is 13.8 Å². The van der Waals surface area contributed by atoms with E-state index in [0.717, 1.165) is 20.3 Å². The van der Waals surface area contributed by atoms with E-state index in [1.54, 1.807) is 24.3 Å². The second kappa shape index (κ2) is 6.46. The second-order valence-electron chi connectivity index (χ2n) is 4.40. The van der Waals surface area contributed by atoms with Gasteiger partial charge in [0.05, 0.1) is 0 Å². The lowest BCUT2D eigenvalue weighted by atomic mass is 10.2. The van der Waals surface area contributed by atoms with Crippen molar-refractivity contribution in [3.05, 3.63) is 62.7 Å². The average molecular weight is 398 g/mol. The smallest absolute Gasteiger partial charge is 0.134 e. The monoisotopic (exact) mass is 396 g/mol. The minimum Gasteiger partial charge on any atom is -0.508 e. The van der Waals surface area contributed by atoms with Gasteiger partial charge in [-0.3, -0.25) is 0 Å². The Bertz CT molecular complexity index is 694. The molecule has 1 N–H and O–H groups in total. The van der Waals surface area contributed by atoms with Crippen molar-refractivity contribution in [3.63, 3.8) is 0 Å². The van der Waals surface area contributed by atoms with Crippen LogP contribution in [0.2, 0.25) is 0 Å². The summed E-state index contributed by atoms with van der Waals surface area (Å²) < 4.78 is 7.61. The molecule has 3 rings (SSSR count). The van der Waals surface area contributed by atoms with Gasteiger partial charge in [-0.2, -0.15) is 0 Å². The van der Waals surface area contributed by atoms with E-state index < -0.39 is 0 Å². The fourth-order valence-electron chi connectivity index (χ4n) is 1.76. The molecular weight excluding hydrogens is 384 g/mol. The summed E-state index contributed by atoms with van der Waals surface area (Å²) >= 11 is 6.67. The molecular formula is C16H14Br2O2. The fraction of sp³-hybridized carbons (Fsp3) is 0.125. The van der Waals surface area contributed by atoms with Crippen LogP contribution in [0.5, 0.6) is 5.75 Å². The predicted molar refractivity (Wildman–Crippen MR) is 89.2 cm³/mol. The van der Waals surface area contributed by atoms with Crippen molar-refractivity contribution in [1.29, 1.82) is 0 Å². The zero-order chi connectivity index (χ0) is 14.7. The van der Waals surface area contributed by atoms with Crippen LogP contribution in [0.15, 0.2) is 55.8 Å². The number of fused-ring (bicyclic) bond motifs is 1. The van der Waals surface area contributed by atoms with Gasteiger partial charge < -0.3 is 9.52 Å². The summed E-state index contributed by atoms with van der Waals surface area (Å²) in [6.07, 6.45) is 0. The molecule has 0 amide bonds. The molecule has 0 spiro atoms. The van der Waals surface area contributed by atoms with Crippen LogP contribution in [-0.4, -0.2) is 5.11 Å². The Balaban J connectivity index is 0.000000160. The molecule has 0 aliphatic heterocycles. The van der Waals surface area contributed by atoms with Gasteiger partial charge in [-0.25, -0.2) is 0 Å². The Morgan fingerprint density at radius 2 is 1.50 bits per heavy atom. The fourth-order valence-corrected chi connectivity index (χ4v) is 2.38. The molecule has 2 aromatic carbocycles. The highest BCUT2D eigenvalue weighted by atomic mass is 79.9. The van der Waals surface area contributed by atoms with Crippen LogP contribution in [0.1, 0.15) is 11.3 Å². The Kier molecular flexibility index (Phi) is 4.89. The topological polar surface area (TPSA) is 33.4 Å². The van der Waals surface area contributed by atoms with Gasteiger partial charge in [0.15, 0.2) is 0 Å². The molecule has 104 valence electrons. The highest BCUT2D eigenvalue weighted by molar-refractivity contribution is 9.10. The van der Waals surface area contributed by atoms with Gasteiger partial charge >= 0.3 is 0 Å². The summed E-state index contributed by atoms with van der Waals surface area (Å²) in [4.78, 5) is 0. The van der Waals surface area contributed by atoms with Crippen LogP contribution >= 0.6 is 31.9 Å². The van der Waals surface area contributed by atoms with Gasteiger partial charge in [0, 0.05) is 14.3 Å². The first-order chi connectivity index (χ1) is 9.47. The maximum atomic E-state index is 8.74. The first-order valence-corrected chi connectivity index (χ1v) is 7.66. The maximum Gasteiger partial charge on any atom is 0.134 e. The predicted octanol–water partition coefficient (Wildman–Crippen LogP) is 5.97. The standard InChI is InChI=1S/C10H9BrO.C6H5BrO/c1-6-7(2)12-10-4-3-8(11)5-9(6)10;7-5-1-3-6(8)4-2-5/h3-5H,1-2H3;1-4,8H. The van der Waals surface area contributed by atoms with Crippen LogP contribution in [0.25, 0.3) is 11.0 Å². The molecule has 1 aromatic heterocycles. The summed E-state index contributed by atoms with van der Waals surface area (Å²) in [6.45, 7) is 4.07. The van der Waals surface area contributed by atoms with Crippen LogP contribution in [0, 0.1) is 13.8 Å². The normalized spacial score (nSPS) is 10.2. The Labute approximate surface area is 134 Å².